The van der Waals surface area contributed by atoms with E-state index in [1.54, 1.807) is 12.1 Å². The molecule has 19 heavy (non-hydrogen) atoms. The summed E-state index contributed by atoms with van der Waals surface area (Å²) in [6.45, 7) is 2.18. The second kappa shape index (κ2) is 9.08. The Morgan fingerprint density at radius 3 is 2.53 bits per heavy atom. The van der Waals surface area contributed by atoms with Crippen molar-refractivity contribution in [3.05, 3.63) is 34.6 Å². The van der Waals surface area contributed by atoms with Crippen molar-refractivity contribution in [2.75, 3.05) is 0 Å². The Labute approximate surface area is 120 Å². The van der Waals surface area contributed by atoms with Gasteiger partial charge in [-0.15, -0.1) is 0 Å². The molecule has 0 aliphatic heterocycles. The molecule has 1 nitrogen and oxygen atoms in total. The van der Waals surface area contributed by atoms with Crippen molar-refractivity contribution < 1.29 is 9.18 Å². The highest BCUT2D eigenvalue weighted by molar-refractivity contribution is 6.30. The minimum absolute atomic E-state index is 0.108. The van der Waals surface area contributed by atoms with Crippen LogP contribution in [0.5, 0.6) is 0 Å². The summed E-state index contributed by atoms with van der Waals surface area (Å²) >= 11 is 5.67. The number of carbonyl (C=O) groups is 1. The zero-order valence-electron chi connectivity index (χ0n) is 11.6. The van der Waals surface area contributed by atoms with Gasteiger partial charge in [-0.3, -0.25) is 4.79 Å². The first kappa shape index (κ1) is 16.2. The van der Waals surface area contributed by atoms with Crippen LogP contribution in [0.2, 0.25) is 5.02 Å². The van der Waals surface area contributed by atoms with Crippen LogP contribution in [-0.2, 0) is 11.2 Å². The second-order valence-electron chi connectivity index (χ2n) is 4.97. The van der Waals surface area contributed by atoms with Gasteiger partial charge in [-0.25, -0.2) is 4.39 Å². The maximum Gasteiger partial charge on any atom is 0.137 e. The van der Waals surface area contributed by atoms with E-state index in [9.17, 15) is 9.18 Å². The molecule has 0 atom stereocenters. The lowest BCUT2D eigenvalue weighted by atomic mass is 10.0. The molecule has 0 spiro atoms. The highest BCUT2D eigenvalue weighted by atomic mass is 35.5. The van der Waals surface area contributed by atoms with E-state index in [1.807, 2.05) is 0 Å². The van der Waals surface area contributed by atoms with Gasteiger partial charge in [0.05, 0.1) is 0 Å². The largest absolute Gasteiger partial charge is 0.299 e. The molecule has 3 heteroatoms. The SMILES string of the molecule is CCCCCCCCC(=O)Cc1ccc(Cl)cc1F. The average molecular weight is 285 g/mol. The maximum absolute atomic E-state index is 13.5. The molecule has 0 bridgehead atoms. The monoisotopic (exact) mass is 284 g/mol. The first-order chi connectivity index (χ1) is 9.13. The summed E-state index contributed by atoms with van der Waals surface area (Å²) in [6.07, 6.45) is 7.67. The van der Waals surface area contributed by atoms with Gasteiger partial charge < -0.3 is 0 Å². The first-order valence-corrected chi connectivity index (χ1v) is 7.47. The van der Waals surface area contributed by atoms with Gasteiger partial charge in [0.25, 0.3) is 0 Å². The maximum atomic E-state index is 13.5. The number of hydrogen-bond donors (Lipinski definition) is 0. The van der Waals surface area contributed by atoms with Crippen molar-refractivity contribution in [2.45, 2.75) is 58.3 Å². The van der Waals surface area contributed by atoms with Crippen LogP contribution in [0.25, 0.3) is 0 Å². The molecule has 0 radical (unpaired) electrons. The molecule has 1 aromatic rings. The van der Waals surface area contributed by atoms with Crippen LogP contribution in [0.15, 0.2) is 18.2 Å². The first-order valence-electron chi connectivity index (χ1n) is 7.09. The molecule has 0 saturated heterocycles. The van der Waals surface area contributed by atoms with Crippen molar-refractivity contribution >= 4 is 17.4 Å². The fourth-order valence-electron chi connectivity index (χ4n) is 2.07. The van der Waals surface area contributed by atoms with E-state index < -0.39 is 0 Å². The molecule has 0 fully saturated rings. The number of halogens is 2. The summed E-state index contributed by atoms with van der Waals surface area (Å²) < 4.78 is 13.5. The van der Waals surface area contributed by atoms with Gasteiger partial charge in [0, 0.05) is 17.9 Å². The summed E-state index contributed by atoms with van der Waals surface area (Å²) in [5, 5.41) is 0.365. The molecule has 0 saturated carbocycles. The van der Waals surface area contributed by atoms with Gasteiger partial charge in [-0.2, -0.15) is 0 Å². The number of rotatable bonds is 9. The van der Waals surface area contributed by atoms with Crippen LogP contribution >= 0.6 is 11.6 Å². The molecule has 0 aliphatic carbocycles. The zero-order valence-corrected chi connectivity index (χ0v) is 12.3. The lowest BCUT2D eigenvalue weighted by Gasteiger charge is -2.04. The van der Waals surface area contributed by atoms with Crippen LogP contribution in [0.3, 0.4) is 0 Å². The predicted molar refractivity (Wildman–Crippen MR) is 78.1 cm³/mol. The van der Waals surface area contributed by atoms with Gasteiger partial charge in [0.15, 0.2) is 0 Å². The Bertz CT molecular complexity index is 404. The van der Waals surface area contributed by atoms with Gasteiger partial charge in [0.1, 0.15) is 11.6 Å². The highest BCUT2D eigenvalue weighted by Gasteiger charge is 2.08. The van der Waals surface area contributed by atoms with E-state index in [2.05, 4.69) is 6.92 Å². The number of hydrogen-bond acceptors (Lipinski definition) is 1. The van der Waals surface area contributed by atoms with E-state index in [0.29, 0.717) is 17.0 Å². The molecule has 0 unspecified atom stereocenters. The van der Waals surface area contributed by atoms with Gasteiger partial charge in [-0.1, -0.05) is 56.7 Å². The molecular weight excluding hydrogens is 263 g/mol. The molecule has 1 rings (SSSR count). The predicted octanol–water partition coefficient (Wildman–Crippen LogP) is 5.34. The summed E-state index contributed by atoms with van der Waals surface area (Å²) in [7, 11) is 0. The van der Waals surface area contributed by atoms with Gasteiger partial charge >= 0.3 is 0 Å². The fraction of sp³-hybridized carbons (Fsp3) is 0.562. The van der Waals surface area contributed by atoms with E-state index >= 15 is 0 Å². The number of benzene rings is 1. The molecule has 106 valence electrons. The average Bonchev–Trinajstić information content (AvgIpc) is 2.37. The number of unbranched alkanes of at least 4 members (excludes halogenated alkanes) is 5. The van der Waals surface area contributed by atoms with Gasteiger partial charge in [0.2, 0.25) is 0 Å². The molecule has 0 aliphatic rings. The van der Waals surface area contributed by atoms with E-state index in [0.717, 1.165) is 12.8 Å². The smallest absolute Gasteiger partial charge is 0.137 e. The zero-order chi connectivity index (χ0) is 14.1. The third-order valence-corrected chi connectivity index (χ3v) is 3.45. The molecule has 1 aromatic carbocycles. The minimum atomic E-state index is -0.385. The van der Waals surface area contributed by atoms with Crippen molar-refractivity contribution in [3.8, 4) is 0 Å². The molecule has 0 heterocycles. The minimum Gasteiger partial charge on any atom is -0.299 e. The topological polar surface area (TPSA) is 17.1 Å². The fourth-order valence-corrected chi connectivity index (χ4v) is 2.23. The quantitative estimate of drug-likeness (QED) is 0.559. The third-order valence-electron chi connectivity index (χ3n) is 3.21. The summed E-state index contributed by atoms with van der Waals surface area (Å²) in [5.74, 6) is -0.277. The Kier molecular flexibility index (Phi) is 7.73. The normalized spacial score (nSPS) is 10.7. The Hall–Kier alpha value is -0.890. The van der Waals surface area contributed by atoms with Crippen molar-refractivity contribution in [1.82, 2.24) is 0 Å². The van der Waals surface area contributed by atoms with Crippen molar-refractivity contribution in [2.24, 2.45) is 0 Å². The van der Waals surface area contributed by atoms with Crippen molar-refractivity contribution in [3.63, 3.8) is 0 Å². The lowest BCUT2D eigenvalue weighted by molar-refractivity contribution is -0.118. The van der Waals surface area contributed by atoms with Crippen LogP contribution in [0, 0.1) is 5.82 Å². The third kappa shape index (κ3) is 6.72. The Balaban J connectivity index is 2.23. The van der Waals surface area contributed by atoms with E-state index in [-0.39, 0.29) is 18.0 Å². The summed E-state index contributed by atoms with van der Waals surface area (Å²) in [4.78, 5) is 11.7. The lowest BCUT2D eigenvalue weighted by Crippen LogP contribution is -2.04. The second-order valence-corrected chi connectivity index (χ2v) is 5.41. The molecular formula is C16H22ClFO. The van der Waals surface area contributed by atoms with Gasteiger partial charge in [-0.05, 0) is 24.1 Å². The number of carbonyl (C=O) groups excluding carboxylic acids is 1. The summed E-state index contributed by atoms with van der Waals surface area (Å²) in [5.41, 5.74) is 0.445. The summed E-state index contributed by atoms with van der Waals surface area (Å²) in [6, 6.07) is 4.48. The standard InChI is InChI=1S/C16H22ClFO/c1-2-3-4-5-6-7-8-15(19)11-13-9-10-14(17)12-16(13)18/h9-10,12H,2-8,11H2,1H3. The van der Waals surface area contributed by atoms with Crippen LogP contribution in [-0.4, -0.2) is 5.78 Å². The van der Waals surface area contributed by atoms with Crippen LogP contribution in [0.1, 0.15) is 57.4 Å². The van der Waals surface area contributed by atoms with Crippen LogP contribution < -0.4 is 0 Å². The van der Waals surface area contributed by atoms with Crippen LogP contribution in [0.4, 0.5) is 4.39 Å². The number of ketones is 1. The number of Topliss-reactive ketones (excluding diaryl/α,β-unsaturated/α-hetero) is 1. The molecule has 0 aromatic heterocycles. The molecule has 0 amide bonds. The van der Waals surface area contributed by atoms with E-state index in [1.165, 1.54) is 31.7 Å². The van der Waals surface area contributed by atoms with Crippen molar-refractivity contribution in [1.29, 1.82) is 0 Å². The Morgan fingerprint density at radius 1 is 1.16 bits per heavy atom. The highest BCUT2D eigenvalue weighted by Crippen LogP contribution is 2.16. The Morgan fingerprint density at radius 2 is 1.84 bits per heavy atom. The van der Waals surface area contributed by atoms with E-state index in [4.69, 9.17) is 11.6 Å². The molecule has 0 N–H and O–H groups in total.